The number of rotatable bonds is 9. The first-order valence-electron chi connectivity index (χ1n) is 9.66. The molecule has 1 aromatic carbocycles. The van der Waals surface area contributed by atoms with Gasteiger partial charge in [-0.15, -0.1) is 0 Å². The van der Waals surface area contributed by atoms with Crippen LogP contribution in [0, 0.1) is 0 Å². The van der Waals surface area contributed by atoms with Crippen molar-refractivity contribution in [1.29, 1.82) is 0 Å². The molecule has 7 heteroatoms. The highest BCUT2D eigenvalue weighted by Crippen LogP contribution is 2.42. The van der Waals surface area contributed by atoms with Crippen LogP contribution in [0.3, 0.4) is 0 Å². The van der Waals surface area contributed by atoms with Crippen molar-refractivity contribution in [2.45, 2.75) is 50.0 Å². The van der Waals surface area contributed by atoms with Gasteiger partial charge in [0.2, 0.25) is 11.8 Å². The zero-order valence-electron chi connectivity index (χ0n) is 15.4. The number of para-hydroxylation sites is 1. The molecular weight excluding hydrogens is 346 g/mol. The summed E-state index contributed by atoms with van der Waals surface area (Å²) in [6.45, 7) is 0.745. The molecule has 144 valence electrons. The van der Waals surface area contributed by atoms with Crippen molar-refractivity contribution in [3.63, 3.8) is 0 Å². The molecule has 0 saturated heterocycles. The Morgan fingerprint density at radius 3 is 2.70 bits per heavy atom. The summed E-state index contributed by atoms with van der Waals surface area (Å²) in [7, 11) is 0. The summed E-state index contributed by atoms with van der Waals surface area (Å²) in [5, 5.41) is 7.27. The Morgan fingerprint density at radius 1 is 1.19 bits per heavy atom. The number of nitrogens with zero attached hydrogens (tertiary/aromatic N) is 2. The molecule has 0 aliphatic heterocycles. The molecule has 2 saturated carbocycles. The molecule has 2 aromatic rings. The largest absolute Gasteiger partial charge is 0.491 e. The van der Waals surface area contributed by atoms with Crippen molar-refractivity contribution in [3.8, 4) is 5.75 Å². The molecule has 7 nitrogen and oxygen atoms in total. The Labute approximate surface area is 158 Å². The fraction of sp³-hybridized carbons (Fsp3) is 0.550. The first kappa shape index (κ1) is 18.0. The van der Waals surface area contributed by atoms with E-state index in [-0.39, 0.29) is 12.5 Å². The average molecular weight is 371 g/mol. The van der Waals surface area contributed by atoms with Gasteiger partial charge >= 0.3 is 0 Å². The van der Waals surface area contributed by atoms with Gasteiger partial charge in [-0.1, -0.05) is 36.2 Å². The molecule has 0 radical (unpaired) electrons. The van der Waals surface area contributed by atoms with E-state index in [2.05, 4.69) is 15.5 Å². The minimum atomic E-state index is -0.516. The molecular formula is C20H25N3O4. The van der Waals surface area contributed by atoms with Crippen LogP contribution in [0.15, 0.2) is 34.9 Å². The molecule has 1 aromatic heterocycles. The van der Waals surface area contributed by atoms with Gasteiger partial charge in [-0.3, -0.25) is 4.79 Å². The number of carbonyl (C=O) groups excluding carboxylic acids is 1. The van der Waals surface area contributed by atoms with E-state index in [1.165, 1.54) is 0 Å². The number of aromatic nitrogens is 2. The first-order valence-corrected chi connectivity index (χ1v) is 9.66. The molecule has 27 heavy (non-hydrogen) atoms. The fourth-order valence-corrected chi connectivity index (χ4v) is 3.51. The van der Waals surface area contributed by atoms with E-state index in [1.54, 1.807) is 0 Å². The smallest absolute Gasteiger partial charge is 0.246 e. The fourth-order valence-electron chi connectivity index (χ4n) is 3.51. The SMILES string of the molecule is O=C(COCCOc1ccccc1)NC1(c2noc(C3CC3)n2)CCCC1. The average Bonchev–Trinajstić information content (AvgIpc) is 3.22. The summed E-state index contributed by atoms with van der Waals surface area (Å²) < 4.78 is 16.4. The van der Waals surface area contributed by atoms with Crippen LogP contribution in [-0.4, -0.2) is 35.9 Å². The second kappa shape index (κ2) is 8.08. The van der Waals surface area contributed by atoms with Crippen LogP contribution in [0.25, 0.3) is 0 Å². The number of nitrogens with one attached hydrogen (secondary N) is 1. The Balaban J connectivity index is 1.25. The second-order valence-electron chi connectivity index (χ2n) is 7.28. The van der Waals surface area contributed by atoms with Gasteiger partial charge in [0, 0.05) is 5.92 Å². The van der Waals surface area contributed by atoms with Crippen molar-refractivity contribution < 1.29 is 18.8 Å². The van der Waals surface area contributed by atoms with Gasteiger partial charge in [0.25, 0.3) is 0 Å². The second-order valence-corrected chi connectivity index (χ2v) is 7.28. The molecule has 1 heterocycles. The summed E-state index contributed by atoms with van der Waals surface area (Å²) in [4.78, 5) is 17.0. The summed E-state index contributed by atoms with van der Waals surface area (Å²) in [5.74, 6) is 2.37. The van der Waals surface area contributed by atoms with Gasteiger partial charge in [-0.05, 0) is 37.8 Å². The van der Waals surface area contributed by atoms with Gasteiger partial charge in [0.05, 0.1) is 6.61 Å². The van der Waals surface area contributed by atoms with Crippen LogP contribution in [0.2, 0.25) is 0 Å². The summed E-state index contributed by atoms with van der Waals surface area (Å²) in [6, 6.07) is 9.53. The normalized spacial score (nSPS) is 18.4. The predicted octanol–water partition coefficient (Wildman–Crippen LogP) is 2.93. The molecule has 2 fully saturated rings. The monoisotopic (exact) mass is 371 g/mol. The minimum Gasteiger partial charge on any atom is -0.491 e. The highest BCUT2D eigenvalue weighted by molar-refractivity contribution is 5.78. The number of benzene rings is 1. The van der Waals surface area contributed by atoms with E-state index < -0.39 is 5.54 Å². The zero-order valence-corrected chi connectivity index (χ0v) is 15.4. The van der Waals surface area contributed by atoms with Crippen molar-refractivity contribution in [3.05, 3.63) is 42.0 Å². The third-order valence-electron chi connectivity index (χ3n) is 5.10. The Kier molecular flexibility index (Phi) is 5.38. The standard InChI is InChI=1S/C20H25N3O4/c24-17(14-25-12-13-26-16-6-2-1-3-7-16)22-20(10-4-5-11-20)19-21-18(27-23-19)15-8-9-15/h1-3,6-7,15H,4-5,8-14H2,(H,22,24). The van der Waals surface area contributed by atoms with E-state index in [4.69, 9.17) is 14.0 Å². The topological polar surface area (TPSA) is 86.5 Å². The molecule has 4 rings (SSSR count). The lowest BCUT2D eigenvalue weighted by atomic mass is 9.96. The molecule has 0 unspecified atom stereocenters. The number of ether oxygens (including phenoxy) is 2. The molecule has 2 aliphatic rings. The van der Waals surface area contributed by atoms with Crippen LogP contribution in [0.1, 0.15) is 56.2 Å². The number of amides is 1. The van der Waals surface area contributed by atoms with Crippen LogP contribution in [0.5, 0.6) is 5.75 Å². The quantitative estimate of drug-likeness (QED) is 0.682. The van der Waals surface area contributed by atoms with E-state index in [9.17, 15) is 4.79 Å². The lowest BCUT2D eigenvalue weighted by molar-refractivity contribution is -0.128. The van der Waals surface area contributed by atoms with Crippen LogP contribution in [-0.2, 0) is 15.1 Å². The van der Waals surface area contributed by atoms with Crippen molar-refractivity contribution in [1.82, 2.24) is 15.5 Å². The minimum absolute atomic E-state index is 0.00671. The van der Waals surface area contributed by atoms with Crippen LogP contribution >= 0.6 is 0 Å². The van der Waals surface area contributed by atoms with Gasteiger partial charge < -0.3 is 19.3 Å². The van der Waals surface area contributed by atoms with Gasteiger partial charge in [0.15, 0.2) is 5.82 Å². The van der Waals surface area contributed by atoms with Crippen LogP contribution in [0.4, 0.5) is 0 Å². The molecule has 0 bridgehead atoms. The molecule has 1 N–H and O–H groups in total. The van der Waals surface area contributed by atoms with E-state index in [0.717, 1.165) is 44.3 Å². The van der Waals surface area contributed by atoms with Gasteiger partial charge in [-0.2, -0.15) is 4.98 Å². The highest BCUT2D eigenvalue weighted by atomic mass is 16.5. The summed E-state index contributed by atoms with van der Waals surface area (Å²) in [5.41, 5.74) is -0.516. The van der Waals surface area contributed by atoms with Crippen molar-refractivity contribution in [2.24, 2.45) is 0 Å². The Hall–Kier alpha value is -2.41. The zero-order chi connectivity index (χ0) is 18.5. The molecule has 1 amide bonds. The van der Waals surface area contributed by atoms with Crippen LogP contribution < -0.4 is 10.1 Å². The van der Waals surface area contributed by atoms with E-state index >= 15 is 0 Å². The van der Waals surface area contributed by atoms with E-state index in [0.29, 0.717) is 30.8 Å². The Bertz CT molecular complexity index is 752. The maximum atomic E-state index is 12.4. The molecule has 2 aliphatic carbocycles. The van der Waals surface area contributed by atoms with Crippen molar-refractivity contribution >= 4 is 5.91 Å². The maximum Gasteiger partial charge on any atom is 0.246 e. The van der Waals surface area contributed by atoms with Crippen molar-refractivity contribution in [2.75, 3.05) is 19.8 Å². The van der Waals surface area contributed by atoms with Gasteiger partial charge in [0.1, 0.15) is 24.5 Å². The maximum absolute atomic E-state index is 12.4. The summed E-state index contributed by atoms with van der Waals surface area (Å²) >= 11 is 0. The lowest BCUT2D eigenvalue weighted by Crippen LogP contribution is -2.46. The molecule has 0 atom stereocenters. The first-order chi connectivity index (χ1) is 13.3. The third-order valence-corrected chi connectivity index (χ3v) is 5.10. The highest BCUT2D eigenvalue weighted by Gasteiger charge is 2.42. The number of carbonyl (C=O) groups is 1. The predicted molar refractivity (Wildman–Crippen MR) is 97.3 cm³/mol. The Morgan fingerprint density at radius 2 is 1.96 bits per heavy atom. The third kappa shape index (κ3) is 4.47. The lowest BCUT2D eigenvalue weighted by Gasteiger charge is -2.26. The number of hydrogen-bond acceptors (Lipinski definition) is 6. The van der Waals surface area contributed by atoms with E-state index in [1.807, 2.05) is 30.3 Å². The molecule has 0 spiro atoms. The number of hydrogen-bond donors (Lipinski definition) is 1. The van der Waals surface area contributed by atoms with Gasteiger partial charge in [-0.25, -0.2) is 0 Å². The summed E-state index contributed by atoms with van der Waals surface area (Å²) in [6.07, 6.45) is 5.97.